The Morgan fingerprint density at radius 3 is 2.53 bits per heavy atom. The van der Waals surface area contributed by atoms with Gasteiger partial charge in [-0.05, 0) is 18.1 Å². The molecule has 0 heterocycles. The first kappa shape index (κ1) is 15.0. The van der Waals surface area contributed by atoms with E-state index >= 15 is 0 Å². The fraction of sp³-hybridized carbons (Fsp3) is 0.385. The Balaban J connectivity index is 2.84. The standard InChI is InChI=1S/C13H19N3O3/c1-8(2)12(13(18)16-14)19-11-6-4-5-10(7-11)15-9(3)17/h4-8,12H,14H2,1-3H3,(H,15,17)(H,16,18). The SMILES string of the molecule is CC(=O)Nc1cccc(OC(C(=O)NN)C(C)C)c1. The molecular formula is C13H19N3O3. The van der Waals surface area contributed by atoms with Crippen LogP contribution in [0, 0.1) is 5.92 Å². The van der Waals surface area contributed by atoms with Crippen molar-refractivity contribution in [2.75, 3.05) is 5.32 Å². The zero-order valence-electron chi connectivity index (χ0n) is 11.3. The van der Waals surface area contributed by atoms with Crippen LogP contribution in [-0.2, 0) is 9.59 Å². The number of hydrogen-bond donors (Lipinski definition) is 3. The molecule has 4 N–H and O–H groups in total. The van der Waals surface area contributed by atoms with Crippen LogP contribution in [0.1, 0.15) is 20.8 Å². The third-order valence-electron chi connectivity index (χ3n) is 2.42. The van der Waals surface area contributed by atoms with Crippen molar-refractivity contribution in [3.05, 3.63) is 24.3 Å². The van der Waals surface area contributed by atoms with E-state index < -0.39 is 6.10 Å². The summed E-state index contributed by atoms with van der Waals surface area (Å²) in [5, 5.41) is 2.65. The van der Waals surface area contributed by atoms with Crippen molar-refractivity contribution < 1.29 is 14.3 Å². The van der Waals surface area contributed by atoms with Crippen LogP contribution in [0.4, 0.5) is 5.69 Å². The number of ether oxygens (including phenoxy) is 1. The van der Waals surface area contributed by atoms with E-state index in [1.165, 1.54) is 6.92 Å². The summed E-state index contributed by atoms with van der Waals surface area (Å²) in [6, 6.07) is 6.84. The normalized spacial score (nSPS) is 11.8. The molecule has 1 aromatic carbocycles. The Morgan fingerprint density at radius 2 is 2.00 bits per heavy atom. The summed E-state index contributed by atoms with van der Waals surface area (Å²) >= 11 is 0. The average Bonchev–Trinajstić information content (AvgIpc) is 2.34. The third kappa shape index (κ3) is 4.59. The van der Waals surface area contributed by atoms with Gasteiger partial charge in [-0.2, -0.15) is 0 Å². The molecule has 0 radical (unpaired) electrons. The third-order valence-corrected chi connectivity index (χ3v) is 2.42. The molecule has 0 spiro atoms. The first-order chi connectivity index (χ1) is 8.93. The molecule has 1 rings (SSSR count). The molecule has 1 aromatic rings. The number of amides is 2. The average molecular weight is 265 g/mol. The van der Waals surface area contributed by atoms with Crippen LogP contribution < -0.4 is 21.3 Å². The lowest BCUT2D eigenvalue weighted by Gasteiger charge is -2.21. The van der Waals surface area contributed by atoms with Crippen LogP contribution in [0.25, 0.3) is 0 Å². The Labute approximate surface area is 112 Å². The number of rotatable bonds is 5. The topological polar surface area (TPSA) is 93.4 Å². The molecule has 0 aliphatic heterocycles. The zero-order valence-corrected chi connectivity index (χ0v) is 11.3. The van der Waals surface area contributed by atoms with Gasteiger partial charge in [-0.1, -0.05) is 19.9 Å². The van der Waals surface area contributed by atoms with Gasteiger partial charge >= 0.3 is 0 Å². The predicted octanol–water partition coefficient (Wildman–Crippen LogP) is 1.04. The molecule has 1 atom stereocenters. The van der Waals surface area contributed by atoms with Crippen LogP contribution >= 0.6 is 0 Å². The number of hydrogen-bond acceptors (Lipinski definition) is 4. The molecule has 104 valence electrons. The maximum absolute atomic E-state index is 11.6. The number of carbonyl (C=O) groups excluding carboxylic acids is 2. The lowest BCUT2D eigenvalue weighted by Crippen LogP contribution is -2.44. The molecule has 0 bridgehead atoms. The summed E-state index contributed by atoms with van der Waals surface area (Å²) in [5.41, 5.74) is 2.69. The maximum Gasteiger partial charge on any atom is 0.275 e. The Bertz CT molecular complexity index is 460. The largest absolute Gasteiger partial charge is 0.480 e. The fourth-order valence-corrected chi connectivity index (χ4v) is 1.57. The van der Waals surface area contributed by atoms with E-state index in [-0.39, 0.29) is 17.7 Å². The smallest absolute Gasteiger partial charge is 0.275 e. The minimum atomic E-state index is -0.683. The molecular weight excluding hydrogens is 246 g/mol. The highest BCUT2D eigenvalue weighted by atomic mass is 16.5. The van der Waals surface area contributed by atoms with Crippen molar-refractivity contribution in [1.29, 1.82) is 0 Å². The quantitative estimate of drug-likeness (QED) is 0.421. The van der Waals surface area contributed by atoms with Gasteiger partial charge in [-0.25, -0.2) is 5.84 Å². The summed E-state index contributed by atoms with van der Waals surface area (Å²) in [6.45, 7) is 5.14. The Hall–Kier alpha value is -2.08. The highest BCUT2D eigenvalue weighted by Crippen LogP contribution is 2.20. The molecule has 0 aromatic heterocycles. The monoisotopic (exact) mass is 265 g/mol. The molecule has 1 unspecified atom stereocenters. The van der Waals surface area contributed by atoms with Crippen molar-refractivity contribution in [2.45, 2.75) is 26.9 Å². The van der Waals surface area contributed by atoms with Crippen LogP contribution in [0.15, 0.2) is 24.3 Å². The van der Waals surface area contributed by atoms with Gasteiger partial charge in [0.25, 0.3) is 5.91 Å². The van der Waals surface area contributed by atoms with Crippen LogP contribution in [0.5, 0.6) is 5.75 Å². The zero-order chi connectivity index (χ0) is 14.4. The minimum absolute atomic E-state index is 0.0343. The predicted molar refractivity (Wildman–Crippen MR) is 72.3 cm³/mol. The van der Waals surface area contributed by atoms with Crippen molar-refractivity contribution in [2.24, 2.45) is 11.8 Å². The van der Waals surface area contributed by atoms with Gasteiger partial charge in [0.2, 0.25) is 5.91 Å². The van der Waals surface area contributed by atoms with Gasteiger partial charge in [0, 0.05) is 18.7 Å². The highest BCUT2D eigenvalue weighted by Gasteiger charge is 2.23. The van der Waals surface area contributed by atoms with Crippen LogP contribution in [-0.4, -0.2) is 17.9 Å². The summed E-state index contributed by atoms with van der Waals surface area (Å²) in [6.07, 6.45) is -0.683. The first-order valence-electron chi connectivity index (χ1n) is 5.98. The van der Waals surface area contributed by atoms with Crippen molar-refractivity contribution in [1.82, 2.24) is 5.43 Å². The number of carbonyl (C=O) groups is 2. The number of nitrogens with two attached hydrogens (primary N) is 1. The molecule has 19 heavy (non-hydrogen) atoms. The number of nitrogens with one attached hydrogen (secondary N) is 2. The molecule has 6 heteroatoms. The highest BCUT2D eigenvalue weighted by molar-refractivity contribution is 5.88. The second-order valence-corrected chi connectivity index (χ2v) is 4.50. The summed E-state index contributed by atoms with van der Waals surface area (Å²) in [7, 11) is 0. The Morgan fingerprint density at radius 1 is 1.32 bits per heavy atom. The molecule has 0 aliphatic rings. The maximum atomic E-state index is 11.6. The molecule has 0 aliphatic carbocycles. The summed E-state index contributed by atoms with van der Waals surface area (Å²) < 4.78 is 5.61. The van der Waals surface area contributed by atoms with E-state index in [2.05, 4.69) is 10.7 Å². The summed E-state index contributed by atoms with van der Waals surface area (Å²) in [4.78, 5) is 22.6. The van der Waals surface area contributed by atoms with E-state index in [0.29, 0.717) is 11.4 Å². The molecule has 0 fully saturated rings. The van der Waals surface area contributed by atoms with Crippen molar-refractivity contribution >= 4 is 17.5 Å². The van der Waals surface area contributed by atoms with Gasteiger partial charge in [-0.15, -0.1) is 0 Å². The van der Waals surface area contributed by atoms with E-state index in [4.69, 9.17) is 10.6 Å². The lowest BCUT2D eigenvalue weighted by molar-refractivity contribution is -0.129. The Kier molecular flexibility index (Phi) is 5.32. The molecule has 2 amide bonds. The number of anilines is 1. The van der Waals surface area contributed by atoms with Gasteiger partial charge < -0.3 is 10.1 Å². The van der Waals surface area contributed by atoms with Gasteiger partial charge in [0.15, 0.2) is 6.10 Å². The van der Waals surface area contributed by atoms with Gasteiger partial charge in [0.1, 0.15) is 5.75 Å². The second kappa shape index (κ2) is 6.75. The van der Waals surface area contributed by atoms with Crippen LogP contribution in [0.3, 0.4) is 0 Å². The minimum Gasteiger partial charge on any atom is -0.480 e. The number of hydrazine groups is 1. The van der Waals surface area contributed by atoms with E-state index in [9.17, 15) is 9.59 Å². The summed E-state index contributed by atoms with van der Waals surface area (Å²) in [5.74, 6) is 5.03. The molecule has 6 nitrogen and oxygen atoms in total. The van der Waals surface area contributed by atoms with Gasteiger partial charge in [-0.3, -0.25) is 15.0 Å². The number of benzene rings is 1. The van der Waals surface area contributed by atoms with Crippen molar-refractivity contribution in [3.8, 4) is 5.75 Å². The molecule has 0 saturated heterocycles. The van der Waals surface area contributed by atoms with E-state index in [1.54, 1.807) is 24.3 Å². The first-order valence-corrected chi connectivity index (χ1v) is 5.98. The van der Waals surface area contributed by atoms with Gasteiger partial charge in [0.05, 0.1) is 0 Å². The lowest BCUT2D eigenvalue weighted by atomic mass is 10.1. The second-order valence-electron chi connectivity index (χ2n) is 4.50. The fourth-order valence-electron chi connectivity index (χ4n) is 1.57. The van der Waals surface area contributed by atoms with Crippen molar-refractivity contribution in [3.63, 3.8) is 0 Å². The van der Waals surface area contributed by atoms with Crippen LogP contribution in [0.2, 0.25) is 0 Å². The molecule has 0 saturated carbocycles. The van der Waals surface area contributed by atoms with E-state index in [1.807, 2.05) is 13.8 Å². The van der Waals surface area contributed by atoms with E-state index in [0.717, 1.165) is 0 Å².